The first-order valence-corrected chi connectivity index (χ1v) is 6.78. The smallest absolute Gasteiger partial charge is 0.145 e. The molecule has 96 valence electrons. The first kappa shape index (κ1) is 13.7. The van der Waals surface area contributed by atoms with Crippen LogP contribution in [-0.4, -0.2) is 0 Å². The summed E-state index contributed by atoms with van der Waals surface area (Å²) in [5.74, 6) is 0.0163. The molecule has 0 aliphatic carbocycles. The van der Waals surface area contributed by atoms with Gasteiger partial charge in [-0.2, -0.15) is 0 Å². The van der Waals surface area contributed by atoms with Crippen LogP contribution in [0.25, 0.3) is 10.4 Å². The lowest BCUT2D eigenvalue weighted by Crippen LogP contribution is -1.88. The molecule has 0 heterocycles. The number of hydrogen-bond acceptors (Lipinski definition) is 2. The van der Waals surface area contributed by atoms with E-state index in [2.05, 4.69) is 10.0 Å². The molecular formula is C13H9ClFN3S. The van der Waals surface area contributed by atoms with Crippen LogP contribution in [0.5, 0.6) is 0 Å². The summed E-state index contributed by atoms with van der Waals surface area (Å²) in [4.78, 5) is 3.57. The lowest BCUT2D eigenvalue weighted by Gasteiger charge is -2.06. The van der Waals surface area contributed by atoms with Crippen molar-refractivity contribution < 1.29 is 4.39 Å². The van der Waals surface area contributed by atoms with Crippen molar-refractivity contribution >= 4 is 29.1 Å². The molecule has 0 radical (unpaired) electrons. The highest BCUT2D eigenvalue weighted by molar-refractivity contribution is 7.98. The molecule has 0 saturated heterocycles. The molecule has 0 N–H and O–H groups in total. The molecule has 0 fully saturated rings. The van der Waals surface area contributed by atoms with Gasteiger partial charge in [0.1, 0.15) is 5.82 Å². The van der Waals surface area contributed by atoms with Gasteiger partial charge in [0.2, 0.25) is 0 Å². The average Bonchev–Trinajstić information content (AvgIpc) is 2.42. The van der Waals surface area contributed by atoms with E-state index in [0.29, 0.717) is 17.0 Å². The molecule has 3 nitrogen and oxygen atoms in total. The molecule has 0 aromatic heterocycles. The zero-order valence-electron chi connectivity index (χ0n) is 9.75. The van der Waals surface area contributed by atoms with Gasteiger partial charge >= 0.3 is 0 Å². The topological polar surface area (TPSA) is 48.8 Å². The minimum Gasteiger partial charge on any atom is -0.205 e. The second kappa shape index (κ2) is 6.48. The molecule has 0 aliphatic rings. The van der Waals surface area contributed by atoms with Crippen LogP contribution < -0.4 is 0 Å². The molecule has 0 unspecified atom stereocenters. The van der Waals surface area contributed by atoms with E-state index in [1.807, 2.05) is 12.1 Å². The molecule has 0 saturated carbocycles. The van der Waals surface area contributed by atoms with Gasteiger partial charge in [-0.1, -0.05) is 47.0 Å². The summed E-state index contributed by atoms with van der Waals surface area (Å²) < 4.78 is 13.7. The summed E-state index contributed by atoms with van der Waals surface area (Å²) in [6.07, 6.45) is 0. The molecule has 2 aromatic carbocycles. The van der Waals surface area contributed by atoms with E-state index in [0.717, 1.165) is 4.90 Å². The van der Waals surface area contributed by atoms with Crippen molar-refractivity contribution in [3.63, 3.8) is 0 Å². The molecule has 2 aromatic rings. The van der Waals surface area contributed by atoms with Gasteiger partial charge in [-0.05, 0) is 23.2 Å². The van der Waals surface area contributed by atoms with E-state index < -0.39 is 5.82 Å². The lowest BCUT2D eigenvalue weighted by atomic mass is 10.2. The zero-order chi connectivity index (χ0) is 13.7. The summed E-state index contributed by atoms with van der Waals surface area (Å²) in [5, 5.41) is 3.71. The number of hydrogen-bond donors (Lipinski definition) is 0. The Kier molecular flexibility index (Phi) is 4.68. The van der Waals surface area contributed by atoms with E-state index in [1.54, 1.807) is 24.3 Å². The molecule has 0 amide bonds. The van der Waals surface area contributed by atoms with E-state index in [-0.39, 0.29) is 5.02 Å². The zero-order valence-corrected chi connectivity index (χ0v) is 11.3. The van der Waals surface area contributed by atoms with Crippen LogP contribution in [0, 0.1) is 5.82 Å². The highest BCUT2D eigenvalue weighted by Crippen LogP contribution is 2.33. The lowest BCUT2D eigenvalue weighted by molar-refractivity contribution is 0.618. The summed E-state index contributed by atoms with van der Waals surface area (Å²) in [6, 6.07) is 12.1. The third-order valence-corrected chi connectivity index (χ3v) is 3.84. The molecule has 0 bridgehead atoms. The maximum atomic E-state index is 13.7. The van der Waals surface area contributed by atoms with Gasteiger partial charge in [-0.3, -0.25) is 0 Å². The Morgan fingerprint density at radius 3 is 2.79 bits per heavy atom. The van der Waals surface area contributed by atoms with E-state index >= 15 is 0 Å². The van der Waals surface area contributed by atoms with Crippen LogP contribution in [0.4, 0.5) is 10.1 Å². The van der Waals surface area contributed by atoms with Crippen LogP contribution >= 0.6 is 23.4 Å². The monoisotopic (exact) mass is 293 g/mol. The van der Waals surface area contributed by atoms with Crippen molar-refractivity contribution in [2.24, 2.45) is 5.11 Å². The van der Waals surface area contributed by atoms with Crippen LogP contribution in [0.3, 0.4) is 0 Å². The Labute approximate surface area is 119 Å². The standard InChI is InChI=1S/C13H9ClFN3S/c14-10-5-3-4-9(13(10)15)8-19-12-7-2-1-6-11(12)17-18-16/h1-7H,8H2. The molecular weight excluding hydrogens is 285 g/mol. The van der Waals surface area contributed by atoms with Crippen molar-refractivity contribution in [3.05, 3.63) is 69.3 Å². The molecule has 0 aliphatic heterocycles. The van der Waals surface area contributed by atoms with Gasteiger partial charge in [0.15, 0.2) is 0 Å². The fourth-order valence-electron chi connectivity index (χ4n) is 1.53. The average molecular weight is 294 g/mol. The number of thioether (sulfide) groups is 1. The summed E-state index contributed by atoms with van der Waals surface area (Å²) in [7, 11) is 0. The Morgan fingerprint density at radius 2 is 2.00 bits per heavy atom. The van der Waals surface area contributed by atoms with Crippen LogP contribution in [0.15, 0.2) is 52.5 Å². The van der Waals surface area contributed by atoms with Gasteiger partial charge in [0, 0.05) is 15.6 Å². The number of halogens is 2. The van der Waals surface area contributed by atoms with Gasteiger partial charge in [0.25, 0.3) is 0 Å². The van der Waals surface area contributed by atoms with Crippen LogP contribution in [0.1, 0.15) is 5.56 Å². The fraction of sp³-hybridized carbons (Fsp3) is 0.0769. The molecule has 0 atom stereocenters. The summed E-state index contributed by atoms with van der Waals surface area (Å²) in [5.41, 5.74) is 9.54. The van der Waals surface area contributed by atoms with Gasteiger partial charge in [-0.25, -0.2) is 4.39 Å². The fourth-order valence-corrected chi connectivity index (χ4v) is 2.69. The molecule has 6 heteroatoms. The Hall–Kier alpha value is -1.68. The van der Waals surface area contributed by atoms with Crippen LogP contribution in [-0.2, 0) is 5.75 Å². The minimum absolute atomic E-state index is 0.112. The predicted molar refractivity (Wildman–Crippen MR) is 76.2 cm³/mol. The van der Waals surface area contributed by atoms with Gasteiger partial charge in [-0.15, -0.1) is 11.8 Å². The first-order chi connectivity index (χ1) is 9.22. The van der Waals surface area contributed by atoms with Gasteiger partial charge in [0.05, 0.1) is 10.7 Å². The molecule has 0 spiro atoms. The Morgan fingerprint density at radius 1 is 1.21 bits per heavy atom. The Bertz CT molecular complexity index is 642. The number of benzene rings is 2. The second-order valence-corrected chi connectivity index (χ2v) is 5.08. The summed E-state index contributed by atoms with van der Waals surface area (Å²) >= 11 is 7.13. The van der Waals surface area contributed by atoms with Crippen LogP contribution in [0.2, 0.25) is 5.02 Å². The second-order valence-electron chi connectivity index (χ2n) is 3.66. The van der Waals surface area contributed by atoms with Crippen molar-refractivity contribution in [1.29, 1.82) is 0 Å². The molecule has 2 rings (SSSR count). The maximum absolute atomic E-state index is 13.7. The maximum Gasteiger partial charge on any atom is 0.145 e. The first-order valence-electron chi connectivity index (χ1n) is 5.42. The number of nitrogens with zero attached hydrogens (tertiary/aromatic N) is 3. The van der Waals surface area contributed by atoms with Crippen molar-refractivity contribution in [3.8, 4) is 0 Å². The largest absolute Gasteiger partial charge is 0.205 e. The number of azide groups is 1. The number of rotatable bonds is 4. The van der Waals surface area contributed by atoms with E-state index in [4.69, 9.17) is 17.1 Å². The third kappa shape index (κ3) is 3.41. The third-order valence-electron chi connectivity index (χ3n) is 2.43. The quantitative estimate of drug-likeness (QED) is 0.308. The Balaban J connectivity index is 2.19. The predicted octanol–water partition coefficient (Wildman–Crippen LogP) is 5.71. The van der Waals surface area contributed by atoms with Gasteiger partial charge < -0.3 is 0 Å². The highest BCUT2D eigenvalue weighted by Gasteiger charge is 2.07. The SMILES string of the molecule is [N-]=[N+]=Nc1ccccc1SCc1cccc(Cl)c1F. The molecule has 19 heavy (non-hydrogen) atoms. The highest BCUT2D eigenvalue weighted by atomic mass is 35.5. The normalized spacial score (nSPS) is 10.0. The van der Waals surface area contributed by atoms with Crippen molar-refractivity contribution in [1.82, 2.24) is 0 Å². The summed E-state index contributed by atoms with van der Waals surface area (Å²) in [6.45, 7) is 0. The van der Waals surface area contributed by atoms with Crippen molar-refractivity contribution in [2.75, 3.05) is 0 Å². The van der Waals surface area contributed by atoms with Crippen molar-refractivity contribution in [2.45, 2.75) is 10.6 Å². The van der Waals surface area contributed by atoms with E-state index in [1.165, 1.54) is 17.8 Å². The minimum atomic E-state index is -0.405. The van der Waals surface area contributed by atoms with E-state index in [9.17, 15) is 4.39 Å².